The van der Waals surface area contributed by atoms with Gasteiger partial charge in [-0.25, -0.2) is 0 Å². The van der Waals surface area contributed by atoms with Crippen molar-refractivity contribution in [3.63, 3.8) is 0 Å². The van der Waals surface area contributed by atoms with E-state index >= 15 is 0 Å². The van der Waals surface area contributed by atoms with E-state index in [1.807, 2.05) is 0 Å². The van der Waals surface area contributed by atoms with Gasteiger partial charge in [0.1, 0.15) is 0 Å². The molecule has 0 spiro atoms. The van der Waals surface area contributed by atoms with Gasteiger partial charge >= 0.3 is 0 Å². The summed E-state index contributed by atoms with van der Waals surface area (Å²) in [7, 11) is 0. The number of hydrogen-bond donors (Lipinski definition) is 1. The predicted molar refractivity (Wildman–Crippen MR) is 60.5 cm³/mol. The van der Waals surface area contributed by atoms with Crippen LogP contribution in [0.25, 0.3) is 0 Å². The largest absolute Gasteiger partial charge is 0.342 e. The Balaban J connectivity index is 1.90. The van der Waals surface area contributed by atoms with E-state index < -0.39 is 0 Å². The molecule has 2 rings (SSSR count). The van der Waals surface area contributed by atoms with Gasteiger partial charge in [0.25, 0.3) is 0 Å². The molecule has 3 nitrogen and oxygen atoms in total. The van der Waals surface area contributed by atoms with Crippen molar-refractivity contribution in [2.75, 3.05) is 26.2 Å². The molecule has 86 valence electrons. The molecule has 2 aliphatic heterocycles. The fourth-order valence-corrected chi connectivity index (χ4v) is 2.63. The number of hydrogen-bond acceptors (Lipinski definition) is 2. The van der Waals surface area contributed by atoms with E-state index in [1.54, 1.807) is 0 Å². The van der Waals surface area contributed by atoms with Crippen LogP contribution in [0.1, 0.15) is 26.7 Å². The summed E-state index contributed by atoms with van der Waals surface area (Å²) in [6.45, 7) is 8.40. The van der Waals surface area contributed by atoms with Crippen molar-refractivity contribution in [2.45, 2.75) is 26.7 Å². The van der Waals surface area contributed by atoms with Gasteiger partial charge in [0.15, 0.2) is 0 Å². The molecule has 0 aliphatic carbocycles. The van der Waals surface area contributed by atoms with E-state index in [1.165, 1.54) is 0 Å². The molecule has 3 atom stereocenters. The predicted octanol–water partition coefficient (Wildman–Crippen LogP) is 1.10. The van der Waals surface area contributed by atoms with Gasteiger partial charge in [0, 0.05) is 19.6 Å². The third kappa shape index (κ3) is 2.33. The van der Waals surface area contributed by atoms with Gasteiger partial charge in [-0.05, 0) is 31.2 Å². The number of amides is 1. The third-order valence-electron chi connectivity index (χ3n) is 3.95. The summed E-state index contributed by atoms with van der Waals surface area (Å²) in [6.07, 6.45) is 2.22. The lowest BCUT2D eigenvalue weighted by Crippen LogP contribution is -2.42. The molecule has 2 fully saturated rings. The summed E-state index contributed by atoms with van der Waals surface area (Å²) in [5.41, 5.74) is 0. The fourth-order valence-electron chi connectivity index (χ4n) is 2.63. The number of carbonyl (C=O) groups excluding carboxylic acids is 1. The second-order valence-electron chi connectivity index (χ2n) is 5.24. The molecule has 0 saturated carbocycles. The standard InChI is InChI=1S/C12H22N2O/c1-9-7-14(8-10(9)2)12(15)11-4-3-5-13-6-11/h9-11,13H,3-8H2,1-2H3/t9?,10?,11-/m1/s1. The van der Waals surface area contributed by atoms with Crippen LogP contribution in [0.4, 0.5) is 0 Å². The van der Waals surface area contributed by atoms with Gasteiger partial charge in [-0.1, -0.05) is 13.8 Å². The van der Waals surface area contributed by atoms with Gasteiger partial charge < -0.3 is 10.2 Å². The first-order valence-corrected chi connectivity index (χ1v) is 6.18. The summed E-state index contributed by atoms with van der Waals surface area (Å²) >= 11 is 0. The fraction of sp³-hybridized carbons (Fsp3) is 0.917. The molecule has 0 aromatic carbocycles. The van der Waals surface area contributed by atoms with Gasteiger partial charge in [0.05, 0.1) is 5.92 Å². The summed E-state index contributed by atoms with van der Waals surface area (Å²) < 4.78 is 0. The van der Waals surface area contributed by atoms with Crippen LogP contribution in [0, 0.1) is 17.8 Å². The highest BCUT2D eigenvalue weighted by Gasteiger charge is 2.33. The van der Waals surface area contributed by atoms with Crippen molar-refractivity contribution in [2.24, 2.45) is 17.8 Å². The van der Waals surface area contributed by atoms with E-state index in [0.29, 0.717) is 17.7 Å². The minimum Gasteiger partial charge on any atom is -0.342 e. The SMILES string of the molecule is CC1CN(C(=O)[C@@H]2CCCNC2)CC1C. The zero-order chi connectivity index (χ0) is 10.8. The molecule has 2 saturated heterocycles. The van der Waals surface area contributed by atoms with Gasteiger partial charge in [-0.3, -0.25) is 4.79 Å². The average Bonchev–Trinajstić information content (AvgIpc) is 2.59. The van der Waals surface area contributed by atoms with Crippen LogP contribution in [-0.4, -0.2) is 37.0 Å². The molecule has 3 heteroatoms. The number of rotatable bonds is 1. The van der Waals surface area contributed by atoms with Gasteiger partial charge in [-0.2, -0.15) is 0 Å². The van der Waals surface area contributed by atoms with Crippen LogP contribution < -0.4 is 5.32 Å². The minimum absolute atomic E-state index is 0.247. The van der Waals surface area contributed by atoms with Crippen LogP contribution in [0.5, 0.6) is 0 Å². The Morgan fingerprint density at radius 1 is 1.27 bits per heavy atom. The molecule has 0 aromatic heterocycles. The first-order chi connectivity index (χ1) is 7.18. The van der Waals surface area contributed by atoms with Crippen LogP contribution in [-0.2, 0) is 4.79 Å². The third-order valence-corrected chi connectivity index (χ3v) is 3.95. The Morgan fingerprint density at radius 2 is 1.93 bits per heavy atom. The maximum atomic E-state index is 12.2. The van der Waals surface area contributed by atoms with Crippen molar-refractivity contribution in [3.8, 4) is 0 Å². The summed E-state index contributed by atoms with van der Waals surface area (Å²) in [6, 6.07) is 0. The molecule has 2 aliphatic rings. The Bertz CT molecular complexity index is 226. The Hall–Kier alpha value is -0.570. The van der Waals surface area contributed by atoms with E-state index in [0.717, 1.165) is 39.0 Å². The number of piperidine rings is 1. The monoisotopic (exact) mass is 210 g/mol. The molecular weight excluding hydrogens is 188 g/mol. The van der Waals surface area contributed by atoms with E-state index in [4.69, 9.17) is 0 Å². The summed E-state index contributed by atoms with van der Waals surface area (Å²) in [5, 5.41) is 3.31. The molecular formula is C12H22N2O. The highest BCUT2D eigenvalue weighted by atomic mass is 16.2. The average molecular weight is 210 g/mol. The maximum absolute atomic E-state index is 12.2. The summed E-state index contributed by atoms with van der Waals surface area (Å²) in [5.74, 6) is 1.98. The van der Waals surface area contributed by atoms with Crippen molar-refractivity contribution in [3.05, 3.63) is 0 Å². The van der Waals surface area contributed by atoms with E-state index in [-0.39, 0.29) is 5.92 Å². The lowest BCUT2D eigenvalue weighted by molar-refractivity contribution is -0.135. The lowest BCUT2D eigenvalue weighted by Gasteiger charge is -2.26. The zero-order valence-electron chi connectivity index (χ0n) is 9.83. The normalized spacial score (nSPS) is 36.9. The quantitative estimate of drug-likeness (QED) is 0.703. The first kappa shape index (κ1) is 10.9. The van der Waals surface area contributed by atoms with Crippen molar-refractivity contribution < 1.29 is 4.79 Å². The molecule has 1 N–H and O–H groups in total. The molecule has 0 aromatic rings. The topological polar surface area (TPSA) is 32.3 Å². The summed E-state index contributed by atoms with van der Waals surface area (Å²) in [4.78, 5) is 14.3. The Morgan fingerprint density at radius 3 is 2.47 bits per heavy atom. The molecule has 0 bridgehead atoms. The number of nitrogens with one attached hydrogen (secondary N) is 1. The van der Waals surface area contributed by atoms with E-state index in [9.17, 15) is 4.79 Å². The van der Waals surface area contributed by atoms with E-state index in [2.05, 4.69) is 24.1 Å². The van der Waals surface area contributed by atoms with Gasteiger partial charge in [-0.15, -0.1) is 0 Å². The molecule has 2 unspecified atom stereocenters. The zero-order valence-corrected chi connectivity index (χ0v) is 9.83. The maximum Gasteiger partial charge on any atom is 0.226 e. The second kappa shape index (κ2) is 4.52. The first-order valence-electron chi connectivity index (χ1n) is 6.18. The van der Waals surface area contributed by atoms with Gasteiger partial charge in [0.2, 0.25) is 5.91 Å². The van der Waals surface area contributed by atoms with Crippen molar-refractivity contribution in [1.82, 2.24) is 10.2 Å². The number of nitrogens with zero attached hydrogens (tertiary/aromatic N) is 1. The van der Waals surface area contributed by atoms with Crippen molar-refractivity contribution in [1.29, 1.82) is 0 Å². The van der Waals surface area contributed by atoms with Crippen LogP contribution in [0.2, 0.25) is 0 Å². The molecule has 0 radical (unpaired) electrons. The Labute approximate surface area is 92.2 Å². The number of carbonyl (C=O) groups is 1. The highest BCUT2D eigenvalue weighted by Crippen LogP contribution is 2.25. The Kier molecular flexibility index (Phi) is 3.29. The molecule has 1 amide bonds. The molecule has 15 heavy (non-hydrogen) atoms. The highest BCUT2D eigenvalue weighted by molar-refractivity contribution is 5.79. The smallest absolute Gasteiger partial charge is 0.226 e. The second-order valence-corrected chi connectivity index (χ2v) is 5.24. The van der Waals surface area contributed by atoms with Crippen LogP contribution in [0.15, 0.2) is 0 Å². The minimum atomic E-state index is 0.247. The lowest BCUT2D eigenvalue weighted by atomic mass is 9.98. The molecule has 2 heterocycles. The number of likely N-dealkylation sites (tertiary alicyclic amines) is 1. The van der Waals surface area contributed by atoms with Crippen LogP contribution in [0.3, 0.4) is 0 Å². The van der Waals surface area contributed by atoms with Crippen LogP contribution >= 0.6 is 0 Å². The van der Waals surface area contributed by atoms with Crippen molar-refractivity contribution >= 4 is 5.91 Å².